The van der Waals surface area contributed by atoms with Gasteiger partial charge in [0, 0.05) is 30.0 Å². The summed E-state index contributed by atoms with van der Waals surface area (Å²) in [6, 6.07) is 1.37. The van der Waals surface area contributed by atoms with E-state index in [1.807, 2.05) is 0 Å². The van der Waals surface area contributed by atoms with Crippen molar-refractivity contribution >= 4 is 23.2 Å². The fourth-order valence-electron chi connectivity index (χ4n) is 2.43. The minimum atomic E-state index is -0.601. The normalized spacial score (nSPS) is 18.8. The number of ether oxygens (including phenoxy) is 1. The number of rotatable bonds is 4. The minimum absolute atomic E-state index is 0.0918. The number of nitrogens with zero attached hydrogens (tertiary/aromatic N) is 1. The van der Waals surface area contributed by atoms with Gasteiger partial charge in [0.15, 0.2) is 0 Å². The van der Waals surface area contributed by atoms with Crippen molar-refractivity contribution < 1.29 is 19.1 Å². The smallest absolute Gasteiger partial charge is 0.220 e. The first-order valence-corrected chi connectivity index (χ1v) is 6.97. The van der Waals surface area contributed by atoms with Crippen molar-refractivity contribution in [2.24, 2.45) is 5.16 Å². The van der Waals surface area contributed by atoms with E-state index in [1.165, 1.54) is 6.07 Å². The van der Waals surface area contributed by atoms with Gasteiger partial charge in [-0.2, -0.15) is 0 Å². The van der Waals surface area contributed by atoms with E-state index in [-0.39, 0.29) is 40.3 Å². The van der Waals surface area contributed by atoms with Crippen LogP contribution in [0.5, 0.6) is 5.75 Å². The highest BCUT2D eigenvalue weighted by molar-refractivity contribution is 6.31. The van der Waals surface area contributed by atoms with Crippen molar-refractivity contribution in [1.82, 2.24) is 5.32 Å². The van der Waals surface area contributed by atoms with Crippen LogP contribution in [-0.2, 0) is 4.79 Å². The fraction of sp³-hybridized carbons (Fsp3) is 0.429. The van der Waals surface area contributed by atoms with Crippen LogP contribution in [0.15, 0.2) is 11.2 Å². The Morgan fingerprint density at radius 3 is 2.90 bits per heavy atom. The zero-order chi connectivity index (χ0) is 15.6. The largest absolute Gasteiger partial charge is 0.493 e. The van der Waals surface area contributed by atoms with Crippen LogP contribution in [0.4, 0.5) is 4.39 Å². The van der Waals surface area contributed by atoms with Crippen LogP contribution >= 0.6 is 11.6 Å². The summed E-state index contributed by atoms with van der Waals surface area (Å²) in [6.45, 7) is 3.97. The molecule has 1 aliphatic rings. The van der Waals surface area contributed by atoms with Crippen LogP contribution in [0, 0.1) is 5.82 Å². The van der Waals surface area contributed by atoms with E-state index in [1.54, 1.807) is 13.8 Å². The maximum atomic E-state index is 14.5. The molecule has 0 bridgehead atoms. The molecular formula is C14H16ClFN2O3. The van der Waals surface area contributed by atoms with E-state index in [4.69, 9.17) is 21.5 Å². The Morgan fingerprint density at radius 2 is 2.38 bits per heavy atom. The number of amides is 1. The molecule has 21 heavy (non-hydrogen) atoms. The molecule has 5 nitrogen and oxygen atoms in total. The third-order valence-corrected chi connectivity index (χ3v) is 3.70. The van der Waals surface area contributed by atoms with Gasteiger partial charge in [-0.1, -0.05) is 16.8 Å². The monoisotopic (exact) mass is 314 g/mol. The first-order valence-electron chi connectivity index (χ1n) is 6.60. The Bertz CT molecular complexity index is 604. The maximum Gasteiger partial charge on any atom is 0.220 e. The van der Waals surface area contributed by atoms with Gasteiger partial charge in [-0.15, -0.1) is 0 Å². The molecule has 0 aromatic heterocycles. The average molecular weight is 315 g/mol. The predicted molar refractivity (Wildman–Crippen MR) is 76.9 cm³/mol. The van der Waals surface area contributed by atoms with Gasteiger partial charge in [-0.25, -0.2) is 4.39 Å². The van der Waals surface area contributed by atoms with Gasteiger partial charge in [0.25, 0.3) is 0 Å². The van der Waals surface area contributed by atoms with E-state index in [9.17, 15) is 9.18 Å². The Kier molecular flexibility index (Phi) is 4.67. The lowest BCUT2D eigenvalue weighted by Crippen LogP contribution is -2.15. The van der Waals surface area contributed by atoms with Crippen molar-refractivity contribution in [3.63, 3.8) is 0 Å². The molecule has 0 saturated carbocycles. The molecule has 7 heteroatoms. The summed E-state index contributed by atoms with van der Waals surface area (Å²) in [4.78, 5) is 11.4. The standard InChI is InChI=1S/C14H16ClFN2O3/c1-3-21-14-9(7(2)18-20)5-10(15)13(16)12(14)8-4-11(19)17-6-8/h5,8,20H,3-4,6H2,1-2H3,(H,17,19)/b18-7+/t8-/m0/s1. The molecule has 1 aromatic rings. The highest BCUT2D eigenvalue weighted by Gasteiger charge is 2.31. The van der Waals surface area contributed by atoms with Crippen molar-refractivity contribution in [2.45, 2.75) is 26.2 Å². The second-order valence-corrected chi connectivity index (χ2v) is 5.19. The lowest BCUT2D eigenvalue weighted by atomic mass is 9.93. The molecule has 1 aromatic carbocycles. The summed E-state index contributed by atoms with van der Waals surface area (Å²) in [6.07, 6.45) is 0.173. The lowest BCUT2D eigenvalue weighted by molar-refractivity contribution is -0.119. The van der Waals surface area contributed by atoms with Crippen molar-refractivity contribution in [3.05, 3.63) is 28.0 Å². The summed E-state index contributed by atoms with van der Waals surface area (Å²) in [5, 5.41) is 14.7. The Hall–Kier alpha value is -1.82. The van der Waals surface area contributed by atoms with Gasteiger partial charge in [0.05, 0.1) is 17.3 Å². The first-order chi connectivity index (χ1) is 9.99. The number of carbonyl (C=O) groups excluding carboxylic acids is 1. The summed E-state index contributed by atoms with van der Waals surface area (Å²) in [5.41, 5.74) is 0.930. The SMILES string of the molecule is CCOc1c(/C(C)=N/O)cc(Cl)c(F)c1[C@@H]1CNC(=O)C1. The molecule has 1 heterocycles. The third-order valence-electron chi connectivity index (χ3n) is 3.42. The van der Waals surface area contributed by atoms with Crippen LogP contribution in [-0.4, -0.2) is 30.0 Å². The molecule has 1 saturated heterocycles. The van der Waals surface area contributed by atoms with E-state index < -0.39 is 5.82 Å². The fourth-order valence-corrected chi connectivity index (χ4v) is 2.64. The van der Waals surface area contributed by atoms with Crippen LogP contribution in [0.1, 0.15) is 37.3 Å². The second-order valence-electron chi connectivity index (χ2n) is 4.79. The third kappa shape index (κ3) is 2.95. The van der Waals surface area contributed by atoms with Crippen molar-refractivity contribution in [1.29, 1.82) is 0 Å². The molecule has 2 rings (SSSR count). The number of benzene rings is 1. The molecule has 2 N–H and O–H groups in total. The predicted octanol–water partition coefficient (Wildman–Crippen LogP) is 2.68. The number of carbonyl (C=O) groups is 1. The average Bonchev–Trinajstić information content (AvgIpc) is 2.88. The highest BCUT2D eigenvalue weighted by atomic mass is 35.5. The number of nitrogens with one attached hydrogen (secondary N) is 1. The Balaban J connectivity index is 2.64. The van der Waals surface area contributed by atoms with Gasteiger partial charge < -0.3 is 15.3 Å². The van der Waals surface area contributed by atoms with Gasteiger partial charge in [0.1, 0.15) is 11.6 Å². The summed E-state index contributed by atoms with van der Waals surface area (Å²) in [5.74, 6) is -0.828. The molecule has 114 valence electrons. The van der Waals surface area contributed by atoms with Crippen LogP contribution < -0.4 is 10.1 Å². The molecule has 1 atom stereocenters. The van der Waals surface area contributed by atoms with Gasteiger partial charge in [0.2, 0.25) is 5.91 Å². The van der Waals surface area contributed by atoms with Gasteiger partial charge in [-0.05, 0) is 19.9 Å². The number of oxime groups is 1. The van der Waals surface area contributed by atoms with Gasteiger partial charge in [-0.3, -0.25) is 4.79 Å². The molecule has 1 amide bonds. The molecular weight excluding hydrogens is 299 g/mol. The Morgan fingerprint density at radius 1 is 1.67 bits per heavy atom. The quantitative estimate of drug-likeness (QED) is 0.510. The van der Waals surface area contributed by atoms with Crippen LogP contribution in [0.2, 0.25) is 5.02 Å². The number of hydrogen-bond acceptors (Lipinski definition) is 4. The van der Waals surface area contributed by atoms with E-state index in [0.29, 0.717) is 18.7 Å². The summed E-state index contributed by atoms with van der Waals surface area (Å²) in [7, 11) is 0. The molecule has 1 fully saturated rings. The lowest BCUT2D eigenvalue weighted by Gasteiger charge is -2.19. The van der Waals surface area contributed by atoms with E-state index in [0.717, 1.165) is 0 Å². The summed E-state index contributed by atoms with van der Waals surface area (Å²) >= 11 is 5.93. The zero-order valence-corrected chi connectivity index (χ0v) is 12.5. The first kappa shape index (κ1) is 15.6. The molecule has 1 aliphatic heterocycles. The van der Waals surface area contributed by atoms with E-state index >= 15 is 0 Å². The topological polar surface area (TPSA) is 70.9 Å². The number of hydrogen-bond donors (Lipinski definition) is 2. The molecule has 0 radical (unpaired) electrons. The Labute approximate surface area is 126 Å². The minimum Gasteiger partial charge on any atom is -0.493 e. The van der Waals surface area contributed by atoms with Gasteiger partial charge >= 0.3 is 0 Å². The maximum absolute atomic E-state index is 14.5. The molecule has 0 aliphatic carbocycles. The number of halogens is 2. The molecule has 0 spiro atoms. The van der Waals surface area contributed by atoms with Crippen molar-refractivity contribution in [2.75, 3.05) is 13.2 Å². The van der Waals surface area contributed by atoms with E-state index in [2.05, 4.69) is 10.5 Å². The zero-order valence-electron chi connectivity index (χ0n) is 11.7. The molecule has 0 unspecified atom stereocenters. The second kappa shape index (κ2) is 6.30. The van der Waals surface area contributed by atoms with Crippen molar-refractivity contribution in [3.8, 4) is 5.75 Å². The summed E-state index contributed by atoms with van der Waals surface area (Å²) < 4.78 is 20.0. The van der Waals surface area contributed by atoms with Crippen LogP contribution in [0.25, 0.3) is 0 Å². The highest BCUT2D eigenvalue weighted by Crippen LogP contribution is 2.39. The van der Waals surface area contributed by atoms with Crippen LogP contribution in [0.3, 0.4) is 0 Å².